The number of nitrogens with one attached hydrogen (secondary N) is 2. The zero-order valence-electron chi connectivity index (χ0n) is 45.2. The smallest absolute Gasteiger partial charge is 0.309 e. The number of ether oxygens (including phenoxy) is 7. The van der Waals surface area contributed by atoms with Crippen LogP contribution in [-0.4, -0.2) is 167 Å². The number of amides is 1. The first-order valence-corrected chi connectivity index (χ1v) is 25.8. The van der Waals surface area contributed by atoms with Gasteiger partial charge in [0.05, 0.1) is 65.6 Å². The lowest BCUT2D eigenvalue weighted by Gasteiger charge is -2.52. The van der Waals surface area contributed by atoms with E-state index in [0.717, 1.165) is 5.56 Å². The van der Waals surface area contributed by atoms with Gasteiger partial charge in [-0.3, -0.25) is 19.6 Å². The molecule has 1 aromatic heterocycles. The van der Waals surface area contributed by atoms with Crippen LogP contribution in [0.4, 0.5) is 4.39 Å². The molecule has 1 unspecified atom stereocenters. The molecule has 0 spiro atoms. The number of aliphatic hydroxyl groups excluding tert-OH is 2. The van der Waals surface area contributed by atoms with Gasteiger partial charge in [0.1, 0.15) is 30.6 Å². The molecule has 5 rings (SSSR count). The molecule has 3 aliphatic heterocycles. The number of halogens is 1. The zero-order valence-corrected chi connectivity index (χ0v) is 45.2. The van der Waals surface area contributed by atoms with Gasteiger partial charge in [-0.2, -0.15) is 0 Å². The summed E-state index contributed by atoms with van der Waals surface area (Å²) in [4.78, 5) is 38.7. The summed E-state index contributed by atoms with van der Waals surface area (Å²) in [5.74, 6) is -4.31. The van der Waals surface area contributed by atoms with Crippen LogP contribution >= 0.6 is 0 Å². The van der Waals surface area contributed by atoms with Crippen molar-refractivity contribution in [2.24, 2.45) is 29.6 Å². The maximum atomic E-state index is 14.7. The summed E-state index contributed by atoms with van der Waals surface area (Å²) in [5.41, 5.74) is -1.65. The Bertz CT molecular complexity index is 2060. The van der Waals surface area contributed by atoms with E-state index in [1.807, 2.05) is 65.9 Å². The predicted molar refractivity (Wildman–Crippen MR) is 270 cm³/mol. The van der Waals surface area contributed by atoms with E-state index in [1.54, 1.807) is 60.5 Å². The van der Waals surface area contributed by atoms with Gasteiger partial charge in [-0.1, -0.05) is 58.9 Å². The third kappa shape index (κ3) is 13.5. The molecular weight excluding hydrogens is 930 g/mol. The fourth-order valence-corrected chi connectivity index (χ4v) is 11.8. The number of cyclic esters (lactones) is 1. The lowest BCUT2D eigenvalue weighted by Crippen LogP contribution is -2.61. The van der Waals surface area contributed by atoms with Crippen molar-refractivity contribution in [3.8, 4) is 11.3 Å². The molecule has 0 radical (unpaired) electrons. The van der Waals surface area contributed by atoms with Gasteiger partial charge in [0.2, 0.25) is 5.91 Å². The first-order chi connectivity index (χ1) is 33.9. The highest BCUT2D eigenvalue weighted by atomic mass is 19.1. The molecule has 17 nitrogen and oxygen atoms in total. The quantitative estimate of drug-likeness (QED) is 0.117. The Morgan fingerprint density at radius 3 is 2.21 bits per heavy atom. The van der Waals surface area contributed by atoms with Crippen molar-refractivity contribution in [3.05, 3.63) is 48.4 Å². The van der Waals surface area contributed by atoms with E-state index in [2.05, 4.69) is 20.2 Å². The Balaban J connectivity index is 1.41. The first kappa shape index (κ1) is 59.3. The molecule has 1 aromatic carbocycles. The number of aromatic nitrogens is 2. The van der Waals surface area contributed by atoms with Crippen LogP contribution in [0.3, 0.4) is 0 Å². The number of hydrogen-bond donors (Lipinski definition) is 5. The van der Waals surface area contributed by atoms with Gasteiger partial charge < -0.3 is 64.1 Å². The molecule has 0 aliphatic carbocycles. The number of nitrogens with zero attached hydrogens (tertiary/aromatic N) is 3. The number of methoxy groups -OCH3 is 3. The number of rotatable bonds is 16. The number of carbonyl (C=O) groups excluding carboxylic acids is 2. The van der Waals surface area contributed by atoms with Crippen LogP contribution in [0.25, 0.3) is 11.3 Å². The molecule has 4 heterocycles. The third-order valence-corrected chi connectivity index (χ3v) is 16.4. The number of benzene rings is 1. The van der Waals surface area contributed by atoms with E-state index < -0.39 is 114 Å². The van der Waals surface area contributed by atoms with Gasteiger partial charge in [-0.25, -0.2) is 4.39 Å². The monoisotopic (exact) mass is 1020 g/mol. The molecular formula is C54H86FN5O12. The predicted octanol–water partition coefficient (Wildman–Crippen LogP) is 6.25. The summed E-state index contributed by atoms with van der Waals surface area (Å²) in [6.45, 7) is 17.6. The molecule has 3 fully saturated rings. The minimum atomic E-state index is -1.90. The Labute approximate surface area is 427 Å². The van der Waals surface area contributed by atoms with Crippen LogP contribution in [0.15, 0.2) is 42.9 Å². The summed E-state index contributed by atoms with van der Waals surface area (Å²) in [7, 11) is 6.56. The Morgan fingerprint density at radius 1 is 0.958 bits per heavy atom. The van der Waals surface area contributed by atoms with Crippen LogP contribution in [0.5, 0.6) is 0 Å². The van der Waals surface area contributed by atoms with E-state index in [9.17, 15) is 34.7 Å². The average Bonchev–Trinajstić information content (AvgIpc) is 3.36. The van der Waals surface area contributed by atoms with E-state index in [4.69, 9.17) is 33.2 Å². The molecule has 3 saturated heterocycles. The topological polar surface area (TPSA) is 224 Å². The van der Waals surface area contributed by atoms with E-state index in [1.165, 1.54) is 14.0 Å². The van der Waals surface area contributed by atoms with Gasteiger partial charge in [0.25, 0.3) is 0 Å². The van der Waals surface area contributed by atoms with Crippen LogP contribution in [-0.2, 0) is 42.7 Å². The number of hydrogen-bond acceptors (Lipinski definition) is 16. The molecule has 406 valence electrons. The Morgan fingerprint density at radius 2 is 1.62 bits per heavy atom. The highest BCUT2D eigenvalue weighted by Crippen LogP contribution is 2.46. The summed E-state index contributed by atoms with van der Waals surface area (Å²) >= 11 is 0. The van der Waals surface area contributed by atoms with Crippen molar-refractivity contribution in [1.82, 2.24) is 20.2 Å². The van der Waals surface area contributed by atoms with Crippen molar-refractivity contribution in [2.45, 2.75) is 192 Å². The van der Waals surface area contributed by atoms with Crippen molar-refractivity contribution in [3.63, 3.8) is 0 Å². The van der Waals surface area contributed by atoms with Gasteiger partial charge in [0.15, 0.2) is 6.29 Å². The zero-order chi connectivity index (χ0) is 53.5. The number of alkyl halides is 1. The summed E-state index contributed by atoms with van der Waals surface area (Å²) in [6.07, 6.45) is -0.800. The third-order valence-electron chi connectivity index (χ3n) is 16.4. The molecule has 2 aromatic rings. The maximum Gasteiger partial charge on any atom is 0.309 e. The standard InChI is InChI=1S/C54H86FN5O12/c1-15-42-54(10,65)48(62)34(6)46(56)30(2)26-53(9,68-14)50(32(4)45(33(5)51(64)71-42)41-27-52(8,67-13)49(63)35(7)70-41)72-44-25-38(24-31(3)69-44)60(11)23-20-43(61)59-39(28-55)47(66-12)37-18-16-36(17-19-37)40-29-57-21-22-58-40/h16-19,21-22,29-35,38-39,41-42,44-45,47-50,56,62-63,65H,15,20,23-28H2,1-14H3,(H,59,61)/t30-,31-,32+,33-,34+,35+,38+,39-,41-,42-,44+,45?,47-,48-,49+,50-,52-,53-,54-/m1/s1. The van der Waals surface area contributed by atoms with E-state index >= 15 is 0 Å². The van der Waals surface area contributed by atoms with Crippen molar-refractivity contribution < 1.29 is 62.5 Å². The molecule has 72 heavy (non-hydrogen) atoms. The average molecular weight is 1020 g/mol. The second-order valence-electron chi connectivity index (χ2n) is 21.6. The molecule has 0 bridgehead atoms. The summed E-state index contributed by atoms with van der Waals surface area (Å²) in [5, 5.41) is 47.2. The number of aliphatic hydroxyl groups is 3. The molecule has 3 aliphatic rings. The molecule has 0 saturated carbocycles. The highest BCUT2D eigenvalue weighted by Gasteiger charge is 2.55. The lowest BCUT2D eigenvalue weighted by molar-refractivity contribution is -0.278. The minimum Gasteiger partial charge on any atom is -0.459 e. The SMILES string of the molecule is CC[C@H]1OC(=O)[C@H](C)C([C@H]2C[C@@](C)(OC)[C@@H](O)[C@H](C)O2)[C@H](C)[C@@H](O[C@H]2C[C@@H](N(C)CCC(=O)N[C@H](CF)[C@H](OC)c3ccc(-c4cnccn4)cc3)C[C@@H](C)O2)[C@](C)(OC)C[C@@H](C)C(=N)[C@H](C)[C@@H](O)[C@]1(C)O. The Hall–Kier alpha value is -3.56. The first-order valence-electron chi connectivity index (χ1n) is 25.8. The number of carbonyl (C=O) groups is 2. The maximum absolute atomic E-state index is 14.7. The highest BCUT2D eigenvalue weighted by molar-refractivity contribution is 5.86. The van der Waals surface area contributed by atoms with Crippen molar-refractivity contribution in [2.75, 3.05) is 41.6 Å². The molecule has 5 N–H and O–H groups in total. The second-order valence-corrected chi connectivity index (χ2v) is 21.6. The normalized spacial score (nSPS) is 38.4. The van der Waals surface area contributed by atoms with Crippen LogP contribution in [0, 0.1) is 35.0 Å². The minimum absolute atomic E-state index is 0.0869. The fourth-order valence-electron chi connectivity index (χ4n) is 11.8. The van der Waals surface area contributed by atoms with Gasteiger partial charge in [-0.15, -0.1) is 0 Å². The van der Waals surface area contributed by atoms with Crippen LogP contribution < -0.4 is 5.32 Å². The summed E-state index contributed by atoms with van der Waals surface area (Å²) in [6, 6.07) is 6.36. The second kappa shape index (κ2) is 25.3. The van der Waals surface area contributed by atoms with Crippen LogP contribution in [0.1, 0.15) is 119 Å². The van der Waals surface area contributed by atoms with Crippen LogP contribution in [0.2, 0.25) is 0 Å². The fraction of sp³-hybridized carbons (Fsp3) is 0.759. The van der Waals surface area contributed by atoms with Crippen molar-refractivity contribution in [1.29, 1.82) is 5.41 Å². The van der Waals surface area contributed by atoms with E-state index in [-0.39, 0.29) is 49.4 Å². The molecule has 18 heteroatoms. The van der Waals surface area contributed by atoms with Gasteiger partial charge in [-0.05, 0) is 78.3 Å². The Kier molecular flexibility index (Phi) is 20.9. The van der Waals surface area contributed by atoms with E-state index in [0.29, 0.717) is 30.6 Å². The molecule has 1 amide bonds. The lowest BCUT2D eigenvalue weighted by atomic mass is 9.67. The number of esters is 1. The largest absolute Gasteiger partial charge is 0.459 e. The summed E-state index contributed by atoms with van der Waals surface area (Å²) < 4.78 is 59.5. The van der Waals surface area contributed by atoms with Crippen molar-refractivity contribution >= 4 is 17.6 Å². The van der Waals surface area contributed by atoms with Gasteiger partial charge >= 0.3 is 5.97 Å². The van der Waals surface area contributed by atoms with Gasteiger partial charge in [0, 0.05) is 88.7 Å². The molecule has 19 atom stereocenters.